The summed E-state index contributed by atoms with van der Waals surface area (Å²) in [6.07, 6.45) is 3.78. The number of hydrogen-bond donors (Lipinski definition) is 2. The predicted octanol–water partition coefficient (Wildman–Crippen LogP) is 4.67. The number of carbonyl (C=O) groups excluding carboxylic acids is 2. The summed E-state index contributed by atoms with van der Waals surface area (Å²) in [5.74, 6) is 0.644. The van der Waals surface area contributed by atoms with Crippen LogP contribution in [0.5, 0.6) is 11.5 Å². The van der Waals surface area contributed by atoms with Crippen LogP contribution in [-0.2, 0) is 14.3 Å². The van der Waals surface area contributed by atoms with E-state index in [9.17, 15) is 9.59 Å². The van der Waals surface area contributed by atoms with Crippen LogP contribution in [0, 0.1) is 5.92 Å². The maximum atomic E-state index is 12.6. The number of benzene rings is 2. The number of carbonyl (C=O) groups is 2. The van der Waals surface area contributed by atoms with Gasteiger partial charge in [-0.3, -0.25) is 5.32 Å². The number of rotatable bonds is 13. The van der Waals surface area contributed by atoms with Crippen molar-refractivity contribution in [2.45, 2.75) is 19.4 Å². The summed E-state index contributed by atoms with van der Waals surface area (Å²) in [5.41, 5.74) is 1.33. The van der Waals surface area contributed by atoms with Gasteiger partial charge in [-0.15, -0.1) is 0 Å². The van der Waals surface area contributed by atoms with Gasteiger partial charge in [0.1, 0.15) is 30.8 Å². The number of amides is 1. The Kier molecular flexibility index (Phi) is 11.2. The number of hydrogen-bond acceptors (Lipinski definition) is 7. The van der Waals surface area contributed by atoms with E-state index in [1.54, 1.807) is 61.7 Å². The molecule has 0 radical (unpaired) electrons. The van der Waals surface area contributed by atoms with Gasteiger partial charge in [-0.05, 0) is 48.4 Å². The van der Waals surface area contributed by atoms with Crippen LogP contribution in [0.15, 0.2) is 73.3 Å². The number of aliphatic hydroxyl groups is 1. The third kappa shape index (κ3) is 8.99. The van der Waals surface area contributed by atoms with E-state index in [0.717, 1.165) is 5.56 Å². The van der Waals surface area contributed by atoms with Gasteiger partial charge >= 0.3 is 12.1 Å². The highest BCUT2D eigenvalue weighted by molar-refractivity contribution is 5.85. The molecule has 0 unspecified atom stereocenters. The molecule has 0 heterocycles. The molecule has 2 rings (SSSR count). The van der Waals surface area contributed by atoms with Gasteiger partial charge in [-0.25, -0.2) is 9.59 Å². The molecular formula is C26H31NO7. The first-order valence-electron chi connectivity index (χ1n) is 10.9. The third-order valence-electron chi connectivity index (χ3n) is 4.76. The predicted molar refractivity (Wildman–Crippen MR) is 129 cm³/mol. The number of methoxy groups -OCH3 is 1. The lowest BCUT2D eigenvalue weighted by Crippen LogP contribution is -2.22. The Morgan fingerprint density at radius 3 is 2.38 bits per heavy atom. The average Bonchev–Trinajstić information content (AvgIpc) is 2.85. The zero-order valence-corrected chi connectivity index (χ0v) is 19.4. The largest absolute Gasteiger partial charge is 0.497 e. The first-order valence-corrected chi connectivity index (χ1v) is 10.9. The second-order valence-corrected chi connectivity index (χ2v) is 7.35. The molecule has 0 aliphatic heterocycles. The number of allylic oxidation sites excluding steroid dienone is 1. The van der Waals surface area contributed by atoms with Gasteiger partial charge in [-0.2, -0.15) is 0 Å². The van der Waals surface area contributed by atoms with Crippen molar-refractivity contribution in [3.05, 3.63) is 78.9 Å². The molecule has 2 N–H and O–H groups in total. The van der Waals surface area contributed by atoms with Crippen LogP contribution >= 0.6 is 0 Å². The van der Waals surface area contributed by atoms with Gasteiger partial charge in [0, 0.05) is 17.7 Å². The summed E-state index contributed by atoms with van der Waals surface area (Å²) in [6.45, 7) is 5.66. The summed E-state index contributed by atoms with van der Waals surface area (Å²) < 4.78 is 21.2. The van der Waals surface area contributed by atoms with Crippen molar-refractivity contribution >= 4 is 17.7 Å². The van der Waals surface area contributed by atoms with E-state index in [0.29, 0.717) is 23.6 Å². The zero-order valence-electron chi connectivity index (χ0n) is 19.4. The van der Waals surface area contributed by atoms with Crippen LogP contribution in [0.2, 0.25) is 0 Å². The van der Waals surface area contributed by atoms with E-state index in [4.69, 9.17) is 24.1 Å². The number of esters is 1. The van der Waals surface area contributed by atoms with Crippen LogP contribution in [-0.4, -0.2) is 44.1 Å². The Morgan fingerprint density at radius 1 is 1.09 bits per heavy atom. The molecule has 2 atom stereocenters. The molecule has 0 aromatic heterocycles. The first kappa shape index (κ1) is 26.5. The van der Waals surface area contributed by atoms with Gasteiger partial charge < -0.3 is 24.1 Å². The Balaban J connectivity index is 2.11. The lowest BCUT2D eigenvalue weighted by atomic mass is 9.94. The monoisotopic (exact) mass is 469 g/mol. The molecule has 2 aromatic carbocycles. The fourth-order valence-corrected chi connectivity index (χ4v) is 3.06. The second-order valence-electron chi connectivity index (χ2n) is 7.35. The molecule has 1 amide bonds. The lowest BCUT2D eigenvalue weighted by Gasteiger charge is -2.24. The molecule has 34 heavy (non-hydrogen) atoms. The number of anilines is 1. The third-order valence-corrected chi connectivity index (χ3v) is 4.76. The molecule has 0 aliphatic rings. The quantitative estimate of drug-likeness (QED) is 0.250. The molecule has 0 saturated carbocycles. The van der Waals surface area contributed by atoms with Gasteiger partial charge in [-0.1, -0.05) is 37.8 Å². The van der Waals surface area contributed by atoms with E-state index in [1.807, 2.05) is 6.92 Å². The van der Waals surface area contributed by atoms with Crippen molar-refractivity contribution < 1.29 is 33.6 Å². The minimum absolute atomic E-state index is 0.0857. The summed E-state index contributed by atoms with van der Waals surface area (Å²) in [6, 6.07) is 14.0. The van der Waals surface area contributed by atoms with E-state index in [1.165, 1.54) is 12.2 Å². The van der Waals surface area contributed by atoms with E-state index < -0.39 is 18.2 Å². The van der Waals surface area contributed by atoms with E-state index in [2.05, 4.69) is 11.9 Å². The molecule has 0 spiro atoms. The molecule has 0 bridgehead atoms. The van der Waals surface area contributed by atoms with Crippen LogP contribution in [0.4, 0.5) is 10.5 Å². The Labute approximate surface area is 199 Å². The first-order chi connectivity index (χ1) is 16.5. The van der Waals surface area contributed by atoms with Crippen molar-refractivity contribution in [1.82, 2.24) is 0 Å². The number of ether oxygens (including phenoxy) is 4. The fraction of sp³-hybridized carbons (Fsp3) is 0.308. The van der Waals surface area contributed by atoms with Gasteiger partial charge in [0.25, 0.3) is 0 Å². The van der Waals surface area contributed by atoms with E-state index >= 15 is 0 Å². The molecule has 0 saturated heterocycles. The highest BCUT2D eigenvalue weighted by atomic mass is 16.6. The topological polar surface area (TPSA) is 103 Å². The highest BCUT2D eigenvalue weighted by Crippen LogP contribution is 2.31. The maximum Gasteiger partial charge on any atom is 0.412 e. The van der Waals surface area contributed by atoms with Gasteiger partial charge in [0.15, 0.2) is 0 Å². The molecule has 8 heteroatoms. The molecular weight excluding hydrogens is 438 g/mol. The van der Waals surface area contributed by atoms with Crippen LogP contribution in [0.3, 0.4) is 0 Å². The van der Waals surface area contributed by atoms with Crippen molar-refractivity contribution in [2.24, 2.45) is 5.92 Å². The van der Waals surface area contributed by atoms with Crippen molar-refractivity contribution in [3.8, 4) is 11.5 Å². The summed E-state index contributed by atoms with van der Waals surface area (Å²) in [5, 5.41) is 11.6. The Bertz CT molecular complexity index is 939. The average molecular weight is 470 g/mol. The van der Waals surface area contributed by atoms with Crippen molar-refractivity contribution in [1.29, 1.82) is 0 Å². The summed E-state index contributed by atoms with van der Waals surface area (Å²) in [7, 11) is 1.57. The van der Waals surface area contributed by atoms with Crippen LogP contribution < -0.4 is 14.8 Å². The van der Waals surface area contributed by atoms with E-state index in [-0.39, 0.29) is 25.7 Å². The molecule has 0 aliphatic carbocycles. The minimum Gasteiger partial charge on any atom is -0.497 e. The maximum absolute atomic E-state index is 12.6. The molecule has 2 aromatic rings. The van der Waals surface area contributed by atoms with Gasteiger partial charge in [0.2, 0.25) is 0 Å². The van der Waals surface area contributed by atoms with Crippen LogP contribution in [0.25, 0.3) is 0 Å². The zero-order chi connectivity index (χ0) is 24.8. The molecule has 8 nitrogen and oxygen atoms in total. The Hall–Kier alpha value is -3.78. The molecule has 182 valence electrons. The smallest absolute Gasteiger partial charge is 0.412 e. The Morgan fingerprint density at radius 2 is 1.76 bits per heavy atom. The SMILES string of the molecule is C=CCOC(=O)/C=C/C[C@H](C)[C@@H](OC(=O)Nc1ccc(OC)cc1)c1ccc(OCCO)cc1. The lowest BCUT2D eigenvalue weighted by molar-refractivity contribution is -0.136. The summed E-state index contributed by atoms with van der Waals surface area (Å²) >= 11 is 0. The number of aliphatic hydroxyl groups excluding tert-OH is 1. The van der Waals surface area contributed by atoms with Gasteiger partial charge in [0.05, 0.1) is 13.7 Å². The standard InChI is InChI=1S/C26H31NO7/c1-4-17-33-24(29)7-5-6-19(2)25(20-8-12-23(13-9-20)32-18-16-28)34-26(30)27-21-10-14-22(31-3)15-11-21/h4-5,7-15,19,25,28H,1,6,16-18H2,2-3H3,(H,27,30)/b7-5+/t19-,25+/m0/s1. The summed E-state index contributed by atoms with van der Waals surface area (Å²) in [4.78, 5) is 24.3. The minimum atomic E-state index is -0.614. The fourth-order valence-electron chi connectivity index (χ4n) is 3.06. The normalized spacial score (nSPS) is 12.4. The molecule has 0 fully saturated rings. The van der Waals surface area contributed by atoms with Crippen LogP contribution in [0.1, 0.15) is 25.0 Å². The number of nitrogens with one attached hydrogen (secondary N) is 1. The highest BCUT2D eigenvalue weighted by Gasteiger charge is 2.23. The van der Waals surface area contributed by atoms with Crippen molar-refractivity contribution in [2.75, 3.05) is 32.2 Å². The van der Waals surface area contributed by atoms with Crippen molar-refractivity contribution in [3.63, 3.8) is 0 Å². The second kappa shape index (κ2) is 14.4.